The Bertz CT molecular complexity index is 480. The zero-order chi connectivity index (χ0) is 13.5. The first kappa shape index (κ1) is 13.3. The van der Waals surface area contributed by atoms with Crippen molar-refractivity contribution in [1.29, 1.82) is 0 Å². The van der Waals surface area contributed by atoms with Crippen molar-refractivity contribution in [3.8, 4) is 5.75 Å². The number of rotatable bonds is 3. The molecule has 1 heterocycles. The van der Waals surface area contributed by atoms with Crippen LogP contribution in [-0.2, 0) is 6.42 Å². The Balaban J connectivity index is 2.02. The Hall–Kier alpha value is -0.730. The molecule has 2 nitrogen and oxygen atoms in total. The predicted octanol–water partition coefficient (Wildman–Crippen LogP) is 4.25. The van der Waals surface area contributed by atoms with E-state index in [-0.39, 0.29) is 11.5 Å². The van der Waals surface area contributed by atoms with Gasteiger partial charge >= 0.3 is 0 Å². The van der Waals surface area contributed by atoms with Crippen LogP contribution < -0.4 is 10.5 Å². The molecule has 1 aliphatic heterocycles. The molecule has 2 N–H and O–H groups in total. The van der Waals surface area contributed by atoms with Gasteiger partial charge in [0.05, 0.1) is 6.61 Å². The van der Waals surface area contributed by atoms with E-state index < -0.39 is 0 Å². The van der Waals surface area contributed by atoms with Crippen LogP contribution in [0.1, 0.15) is 56.2 Å². The summed E-state index contributed by atoms with van der Waals surface area (Å²) in [6.45, 7) is 3.02. The maximum absolute atomic E-state index is 6.65. The van der Waals surface area contributed by atoms with Crippen molar-refractivity contribution in [3.05, 3.63) is 28.3 Å². The van der Waals surface area contributed by atoms with E-state index >= 15 is 0 Å². The quantitative estimate of drug-likeness (QED) is 0.898. The number of nitrogens with two attached hydrogens (primary N) is 1. The second-order valence-corrected chi connectivity index (χ2v) is 6.42. The molecule has 0 radical (unpaired) electrons. The molecule has 1 fully saturated rings. The summed E-state index contributed by atoms with van der Waals surface area (Å²) in [5.41, 5.74) is 9.24. The average Bonchev–Trinajstić information content (AvgIpc) is 3.05. The third-order valence-corrected chi connectivity index (χ3v) is 5.29. The van der Waals surface area contributed by atoms with Crippen molar-refractivity contribution < 1.29 is 4.74 Å². The van der Waals surface area contributed by atoms with Gasteiger partial charge in [-0.05, 0) is 42.4 Å². The molecule has 1 aliphatic carbocycles. The number of benzene rings is 1. The van der Waals surface area contributed by atoms with Gasteiger partial charge < -0.3 is 10.5 Å². The van der Waals surface area contributed by atoms with E-state index in [9.17, 15) is 0 Å². The molecule has 3 rings (SSSR count). The van der Waals surface area contributed by atoms with Crippen molar-refractivity contribution >= 4 is 11.6 Å². The monoisotopic (exact) mass is 279 g/mol. The molecular weight excluding hydrogens is 258 g/mol. The summed E-state index contributed by atoms with van der Waals surface area (Å²) in [5, 5.41) is 0.791. The van der Waals surface area contributed by atoms with E-state index in [4.69, 9.17) is 22.1 Å². The first-order valence-corrected chi connectivity index (χ1v) is 7.75. The van der Waals surface area contributed by atoms with E-state index in [1.54, 1.807) is 0 Å². The van der Waals surface area contributed by atoms with Gasteiger partial charge in [-0.15, -0.1) is 0 Å². The summed E-state index contributed by atoms with van der Waals surface area (Å²) in [7, 11) is 0. The van der Waals surface area contributed by atoms with Gasteiger partial charge in [-0.25, -0.2) is 0 Å². The van der Waals surface area contributed by atoms with Crippen LogP contribution in [0.5, 0.6) is 5.75 Å². The zero-order valence-electron chi connectivity index (χ0n) is 11.5. The van der Waals surface area contributed by atoms with Crippen molar-refractivity contribution in [2.45, 2.75) is 51.5 Å². The maximum atomic E-state index is 6.65. The summed E-state index contributed by atoms with van der Waals surface area (Å²) in [6, 6.07) is 4.09. The first-order chi connectivity index (χ1) is 9.16. The van der Waals surface area contributed by atoms with E-state index in [2.05, 4.69) is 6.92 Å². The molecule has 0 spiro atoms. The summed E-state index contributed by atoms with van der Waals surface area (Å²) < 4.78 is 5.82. The van der Waals surface area contributed by atoms with Crippen LogP contribution in [0.15, 0.2) is 12.1 Å². The molecule has 0 saturated heterocycles. The van der Waals surface area contributed by atoms with E-state index in [0.29, 0.717) is 0 Å². The predicted molar refractivity (Wildman–Crippen MR) is 78.8 cm³/mol. The summed E-state index contributed by atoms with van der Waals surface area (Å²) >= 11 is 6.26. The molecule has 1 aromatic rings. The topological polar surface area (TPSA) is 35.2 Å². The fourth-order valence-electron chi connectivity index (χ4n) is 3.82. The Morgan fingerprint density at radius 1 is 1.37 bits per heavy atom. The molecule has 0 aromatic heterocycles. The van der Waals surface area contributed by atoms with Gasteiger partial charge in [0.15, 0.2) is 0 Å². The lowest BCUT2D eigenvalue weighted by molar-refractivity contribution is 0.217. The highest BCUT2D eigenvalue weighted by Gasteiger charge is 2.40. The Labute approximate surface area is 120 Å². The van der Waals surface area contributed by atoms with Crippen molar-refractivity contribution in [2.24, 2.45) is 11.1 Å². The molecule has 19 heavy (non-hydrogen) atoms. The minimum atomic E-state index is 0.0468. The highest BCUT2D eigenvalue weighted by molar-refractivity contribution is 6.30. The van der Waals surface area contributed by atoms with E-state index in [0.717, 1.165) is 35.8 Å². The van der Waals surface area contributed by atoms with Crippen LogP contribution in [0, 0.1) is 5.41 Å². The molecule has 1 aromatic carbocycles. The van der Waals surface area contributed by atoms with E-state index in [1.807, 2.05) is 12.1 Å². The maximum Gasteiger partial charge on any atom is 0.127 e. The summed E-state index contributed by atoms with van der Waals surface area (Å²) in [5.74, 6) is 1.01. The Morgan fingerprint density at radius 3 is 2.79 bits per heavy atom. The molecular formula is C16H22ClNO. The highest BCUT2D eigenvalue weighted by Crippen LogP contribution is 2.51. The second-order valence-electron chi connectivity index (χ2n) is 5.98. The third kappa shape index (κ3) is 2.15. The van der Waals surface area contributed by atoms with Gasteiger partial charge in [-0.2, -0.15) is 0 Å². The molecule has 2 aliphatic rings. The van der Waals surface area contributed by atoms with Crippen molar-refractivity contribution in [1.82, 2.24) is 0 Å². The normalized spacial score (nSPS) is 22.1. The largest absolute Gasteiger partial charge is 0.493 e. The lowest BCUT2D eigenvalue weighted by Crippen LogP contribution is -2.32. The molecule has 0 amide bonds. The lowest BCUT2D eigenvalue weighted by Gasteiger charge is -2.35. The number of ether oxygens (including phenoxy) is 1. The molecule has 1 saturated carbocycles. The minimum Gasteiger partial charge on any atom is -0.493 e. The standard InChI is InChI=1S/C16H22ClNO/c1-2-16(6-3-4-7-16)15(18)13-10-12(17)9-11-5-8-19-14(11)13/h9-10,15H,2-8,18H2,1H3. The van der Waals surface area contributed by atoms with Crippen LogP contribution in [0.3, 0.4) is 0 Å². The minimum absolute atomic E-state index is 0.0468. The second kappa shape index (κ2) is 4.99. The van der Waals surface area contributed by atoms with Crippen LogP contribution in [0.4, 0.5) is 0 Å². The Kier molecular flexibility index (Phi) is 3.48. The van der Waals surface area contributed by atoms with Gasteiger partial charge in [0.25, 0.3) is 0 Å². The van der Waals surface area contributed by atoms with Crippen LogP contribution in [-0.4, -0.2) is 6.61 Å². The van der Waals surface area contributed by atoms with Gasteiger partial charge in [0.1, 0.15) is 5.75 Å². The van der Waals surface area contributed by atoms with Gasteiger partial charge in [-0.1, -0.05) is 31.4 Å². The lowest BCUT2D eigenvalue weighted by atomic mass is 9.73. The molecule has 1 unspecified atom stereocenters. The average molecular weight is 280 g/mol. The number of fused-ring (bicyclic) bond motifs is 1. The van der Waals surface area contributed by atoms with Crippen LogP contribution in [0.2, 0.25) is 5.02 Å². The van der Waals surface area contributed by atoms with Crippen molar-refractivity contribution in [3.63, 3.8) is 0 Å². The summed E-state index contributed by atoms with van der Waals surface area (Å²) in [6.07, 6.45) is 7.14. The number of halogens is 1. The van der Waals surface area contributed by atoms with Crippen LogP contribution >= 0.6 is 11.6 Å². The Morgan fingerprint density at radius 2 is 2.11 bits per heavy atom. The van der Waals surface area contributed by atoms with Gasteiger partial charge in [0.2, 0.25) is 0 Å². The highest BCUT2D eigenvalue weighted by atomic mass is 35.5. The number of hydrogen-bond acceptors (Lipinski definition) is 2. The SMILES string of the molecule is CCC1(C(N)c2cc(Cl)cc3c2OCC3)CCCC1. The van der Waals surface area contributed by atoms with Gasteiger partial charge in [0, 0.05) is 23.0 Å². The molecule has 3 heteroatoms. The zero-order valence-corrected chi connectivity index (χ0v) is 12.3. The van der Waals surface area contributed by atoms with Crippen molar-refractivity contribution in [2.75, 3.05) is 6.61 Å². The summed E-state index contributed by atoms with van der Waals surface area (Å²) in [4.78, 5) is 0. The third-order valence-electron chi connectivity index (χ3n) is 5.08. The van der Waals surface area contributed by atoms with Gasteiger partial charge in [-0.3, -0.25) is 0 Å². The fourth-order valence-corrected chi connectivity index (χ4v) is 4.07. The van der Waals surface area contributed by atoms with Crippen LogP contribution in [0.25, 0.3) is 0 Å². The van der Waals surface area contributed by atoms with E-state index in [1.165, 1.54) is 31.2 Å². The number of hydrogen-bond donors (Lipinski definition) is 1. The first-order valence-electron chi connectivity index (χ1n) is 7.37. The smallest absolute Gasteiger partial charge is 0.127 e. The molecule has 1 atom stereocenters. The fraction of sp³-hybridized carbons (Fsp3) is 0.625. The molecule has 0 bridgehead atoms. The molecule has 104 valence electrons.